The molecule has 1 aromatic carbocycles. The van der Waals surface area contributed by atoms with Crippen LogP contribution < -0.4 is 9.42 Å². The number of hydrogen-bond donors (Lipinski definition) is 0. The molecule has 0 aromatic heterocycles. The normalized spacial score (nSPS) is 11.5. The van der Waals surface area contributed by atoms with Crippen LogP contribution >= 0.6 is 6.12 Å². The van der Waals surface area contributed by atoms with Gasteiger partial charge < -0.3 is 33.9 Å². The van der Waals surface area contributed by atoms with Gasteiger partial charge in [0.2, 0.25) is 0 Å². The van der Waals surface area contributed by atoms with Gasteiger partial charge in [-0.2, -0.15) is 0 Å². The number of benzene rings is 1. The molecule has 0 aliphatic heterocycles. The summed E-state index contributed by atoms with van der Waals surface area (Å²) < 4.78 is 5.78. The molecule has 0 unspecified atom stereocenters. The Bertz CT molecular complexity index is 666. The average molecular weight is 690 g/mol. The zero-order valence-electron chi connectivity index (χ0n) is 27.8. The third-order valence-corrected chi connectivity index (χ3v) is 9.33. The van der Waals surface area contributed by atoms with Gasteiger partial charge in [0.25, 0.3) is 0 Å². The van der Waals surface area contributed by atoms with Gasteiger partial charge in [0.15, 0.2) is 5.75 Å². The molecule has 0 saturated heterocycles. The van der Waals surface area contributed by atoms with Crippen molar-refractivity contribution < 1.29 is 28.9 Å². The fourth-order valence-corrected chi connectivity index (χ4v) is 6.83. The SMILES string of the molecule is CCCCCCCCCCCCCCCc1cccc(CCCCCCCCCCCCCCC)c1O[P+]([O-])([S-])[S-].[Zn+2]. The van der Waals surface area contributed by atoms with Crippen LogP contribution in [0.5, 0.6) is 5.75 Å². The van der Waals surface area contributed by atoms with Gasteiger partial charge in [0.1, 0.15) is 0 Å². The van der Waals surface area contributed by atoms with E-state index in [9.17, 15) is 4.89 Å². The van der Waals surface area contributed by atoms with Crippen molar-refractivity contribution in [3.8, 4) is 5.75 Å². The first-order valence-corrected chi connectivity index (χ1v) is 21.5. The molecule has 42 heavy (non-hydrogen) atoms. The van der Waals surface area contributed by atoms with Crippen molar-refractivity contribution in [2.45, 2.75) is 194 Å². The Labute approximate surface area is 286 Å². The van der Waals surface area contributed by atoms with Gasteiger partial charge in [-0.1, -0.05) is 186 Å². The van der Waals surface area contributed by atoms with Gasteiger partial charge in [-0.3, -0.25) is 0 Å². The summed E-state index contributed by atoms with van der Waals surface area (Å²) in [7, 11) is 0. The molecule has 0 fully saturated rings. The van der Waals surface area contributed by atoms with E-state index >= 15 is 0 Å². The average Bonchev–Trinajstić information content (AvgIpc) is 2.94. The molecular weight excluding hydrogens is 625 g/mol. The van der Waals surface area contributed by atoms with E-state index in [-0.39, 0.29) is 19.5 Å². The molecule has 2 nitrogen and oxygen atoms in total. The number of para-hydroxylation sites is 1. The van der Waals surface area contributed by atoms with Gasteiger partial charge in [0, 0.05) is 0 Å². The maximum atomic E-state index is 12.3. The second kappa shape index (κ2) is 30.4. The molecule has 0 bridgehead atoms. The molecule has 0 atom stereocenters. The summed E-state index contributed by atoms with van der Waals surface area (Å²) >= 11 is 10.0. The second-order valence-electron chi connectivity index (χ2n) is 12.4. The monoisotopic (exact) mass is 688 g/mol. The van der Waals surface area contributed by atoms with Crippen molar-refractivity contribution in [1.82, 2.24) is 0 Å². The van der Waals surface area contributed by atoms with Crippen LogP contribution in [-0.4, -0.2) is 0 Å². The molecule has 0 saturated carbocycles. The van der Waals surface area contributed by atoms with Crippen molar-refractivity contribution in [2.75, 3.05) is 0 Å². The summed E-state index contributed by atoms with van der Waals surface area (Å²) in [6.07, 6.45) is 33.6. The molecule has 0 aliphatic carbocycles. The maximum Gasteiger partial charge on any atom is 2.00 e. The fraction of sp³-hybridized carbons (Fsp3) is 0.833. The van der Waals surface area contributed by atoms with Crippen LogP contribution in [0.1, 0.15) is 192 Å². The first-order valence-electron chi connectivity index (χ1n) is 17.8. The Morgan fingerprint density at radius 2 is 0.762 bits per heavy atom. The number of unbranched alkanes of at least 4 members (excludes halogenated alkanes) is 24. The second-order valence-corrected chi connectivity index (χ2v) is 17.1. The summed E-state index contributed by atoms with van der Waals surface area (Å²) in [5.74, 6) is 0.735. The predicted octanol–water partition coefficient (Wildman–Crippen LogP) is 12.5. The van der Waals surface area contributed by atoms with Crippen LogP contribution in [0.15, 0.2) is 18.2 Å². The molecular formula is C36H65O2PS2Zn. The Morgan fingerprint density at radius 3 is 1.02 bits per heavy atom. The summed E-state index contributed by atoms with van der Waals surface area (Å²) in [5, 5.41) is 0. The topological polar surface area (TPSA) is 32.3 Å². The summed E-state index contributed by atoms with van der Waals surface area (Å²) in [4.78, 5) is 12.3. The van der Waals surface area contributed by atoms with Gasteiger partial charge >= 0.3 is 19.5 Å². The molecule has 0 aliphatic rings. The Morgan fingerprint density at radius 1 is 0.500 bits per heavy atom. The van der Waals surface area contributed by atoms with E-state index in [2.05, 4.69) is 32.0 Å². The molecule has 1 aromatic rings. The Hall–Kier alpha value is 0.733. The van der Waals surface area contributed by atoms with Crippen LogP contribution in [0.2, 0.25) is 0 Å². The van der Waals surface area contributed by atoms with Crippen LogP contribution in [0.4, 0.5) is 0 Å². The molecule has 1 rings (SSSR count). The summed E-state index contributed by atoms with van der Waals surface area (Å²) in [6, 6.07) is 6.35. The van der Waals surface area contributed by atoms with Crippen LogP contribution in [0, 0.1) is 0 Å². The van der Waals surface area contributed by atoms with E-state index in [0.29, 0.717) is 0 Å². The van der Waals surface area contributed by atoms with Crippen LogP contribution in [0.3, 0.4) is 0 Å². The standard InChI is InChI=1S/C36H67O2PS2.Zn/c1-3-5-7-9-11-13-15-17-19-21-23-25-27-30-34-32-29-33-35(36(34)38-39(37,40)41)31-28-26-24-22-20-18-16-14-12-10-8-6-4-2;/h29,32-33H,3-28,30-31H2,1-2H3,(H2,37,40,41);/q;+2/p-2. The van der Waals surface area contributed by atoms with Gasteiger partial charge in [-0.05, 0) is 36.8 Å². The minimum Gasteiger partial charge on any atom is -0.682 e. The van der Waals surface area contributed by atoms with Crippen molar-refractivity contribution in [3.63, 3.8) is 0 Å². The maximum absolute atomic E-state index is 12.3. The first-order chi connectivity index (χ1) is 20.0. The predicted molar refractivity (Wildman–Crippen MR) is 188 cm³/mol. The third kappa shape index (κ3) is 26.0. The van der Waals surface area contributed by atoms with Gasteiger partial charge in [-0.15, -0.1) is 6.12 Å². The smallest absolute Gasteiger partial charge is 0.682 e. The van der Waals surface area contributed by atoms with Crippen molar-refractivity contribution in [3.05, 3.63) is 29.3 Å². The summed E-state index contributed by atoms with van der Waals surface area (Å²) in [6.45, 7) is 4.57. The van der Waals surface area contributed by atoms with Crippen molar-refractivity contribution in [1.29, 1.82) is 0 Å². The van der Waals surface area contributed by atoms with E-state index in [1.165, 1.54) is 154 Å². The molecule has 0 heterocycles. The fourth-order valence-electron chi connectivity index (χ4n) is 5.93. The minimum absolute atomic E-state index is 0. The van der Waals surface area contributed by atoms with E-state index < -0.39 is 6.12 Å². The molecule has 240 valence electrons. The first kappa shape index (κ1) is 42.7. The number of hydrogen-bond acceptors (Lipinski definition) is 4. The molecule has 0 N–H and O–H groups in total. The molecule has 0 spiro atoms. The van der Waals surface area contributed by atoms with E-state index in [4.69, 9.17) is 29.0 Å². The van der Waals surface area contributed by atoms with Crippen LogP contribution in [-0.2, 0) is 56.8 Å². The van der Waals surface area contributed by atoms with E-state index in [1.807, 2.05) is 0 Å². The van der Waals surface area contributed by atoms with Crippen LogP contribution in [0.25, 0.3) is 0 Å². The quantitative estimate of drug-likeness (QED) is 0.0348. The number of rotatable bonds is 30. The zero-order valence-corrected chi connectivity index (χ0v) is 33.3. The summed E-state index contributed by atoms with van der Waals surface area (Å²) in [5.41, 5.74) is 2.27. The zero-order chi connectivity index (χ0) is 29.9. The molecule has 6 heteroatoms. The largest absolute Gasteiger partial charge is 2.00 e. The molecule has 0 radical (unpaired) electrons. The molecule has 0 amide bonds. The van der Waals surface area contributed by atoms with Crippen molar-refractivity contribution in [2.24, 2.45) is 0 Å². The minimum atomic E-state index is -3.42. The Kier molecular flexibility index (Phi) is 30.9. The van der Waals surface area contributed by atoms with Gasteiger partial charge in [0.05, 0.1) is 0 Å². The van der Waals surface area contributed by atoms with E-state index in [0.717, 1.165) is 42.6 Å². The van der Waals surface area contributed by atoms with Crippen molar-refractivity contribution >= 4 is 30.6 Å². The van der Waals surface area contributed by atoms with Gasteiger partial charge in [-0.25, -0.2) is 0 Å². The number of aryl methyl sites for hydroxylation is 2. The van der Waals surface area contributed by atoms with E-state index in [1.54, 1.807) is 0 Å². The Balaban J connectivity index is 0.0000168. The third-order valence-electron chi connectivity index (χ3n) is 8.48.